The summed E-state index contributed by atoms with van der Waals surface area (Å²) in [6.07, 6.45) is 3.32. The van der Waals surface area contributed by atoms with Crippen molar-refractivity contribution in [3.63, 3.8) is 0 Å². The molecule has 3 aromatic carbocycles. The molecule has 1 saturated carbocycles. The number of ketones is 1. The highest BCUT2D eigenvalue weighted by Gasteiger charge is 2.42. The number of ether oxygens (including phenoxy) is 1. The molecule has 3 aromatic rings. The smallest absolute Gasteiger partial charge is 0.303 e. The van der Waals surface area contributed by atoms with Crippen molar-refractivity contribution in [1.82, 2.24) is 0 Å². The fraction of sp³-hybridized carbons (Fsp3) is 0.290. The van der Waals surface area contributed by atoms with Crippen molar-refractivity contribution in [3.05, 3.63) is 108 Å². The molecule has 36 heavy (non-hydrogen) atoms. The molecule has 186 valence electrons. The van der Waals surface area contributed by atoms with Crippen LogP contribution in [0.25, 0.3) is 11.1 Å². The standard InChI is InChI=1S/C31H32O5/c32-26(16-13-22-7-3-1-4-8-22)17-18-27-28(19-31(34)35)29(33)20-30(27)36-21-23-11-14-25(15-12-23)24-9-5-2-6-10-24/h1-12,14-15,17-18,27-30,33H,13,16,19-21H2,(H,34,35)/t27-,28-,29+,30-/m1/s1. The third-order valence-corrected chi connectivity index (χ3v) is 6.83. The highest BCUT2D eigenvalue weighted by atomic mass is 16.5. The first kappa shape index (κ1) is 25.5. The summed E-state index contributed by atoms with van der Waals surface area (Å²) in [5, 5.41) is 20.0. The maximum atomic E-state index is 12.5. The number of allylic oxidation sites excluding steroid dienone is 1. The summed E-state index contributed by atoms with van der Waals surface area (Å²) in [4.78, 5) is 23.9. The van der Waals surface area contributed by atoms with Gasteiger partial charge in [-0.1, -0.05) is 91.0 Å². The van der Waals surface area contributed by atoms with Gasteiger partial charge >= 0.3 is 5.97 Å². The Kier molecular flexibility index (Phi) is 8.82. The fourth-order valence-electron chi connectivity index (χ4n) is 4.86. The van der Waals surface area contributed by atoms with E-state index >= 15 is 0 Å². The molecular formula is C31H32O5. The SMILES string of the molecule is O=C(O)C[C@@H]1[C@@H](C=CC(=O)CCc2ccccc2)[C@H](OCc2ccc(-c3ccccc3)cc2)C[C@@H]1O. The number of rotatable bonds is 11. The van der Waals surface area contributed by atoms with E-state index in [0.29, 0.717) is 25.9 Å². The largest absolute Gasteiger partial charge is 0.481 e. The van der Waals surface area contributed by atoms with E-state index < -0.39 is 18.0 Å². The molecule has 0 saturated heterocycles. The van der Waals surface area contributed by atoms with Crippen LogP contribution in [0.15, 0.2) is 97.1 Å². The van der Waals surface area contributed by atoms with Crippen molar-refractivity contribution in [2.24, 2.45) is 11.8 Å². The Morgan fingerprint density at radius 2 is 1.50 bits per heavy atom. The number of carbonyl (C=O) groups excluding carboxylic acids is 1. The molecule has 0 unspecified atom stereocenters. The molecule has 0 aliphatic heterocycles. The lowest BCUT2D eigenvalue weighted by atomic mass is 9.89. The summed E-state index contributed by atoms with van der Waals surface area (Å²) in [5.41, 5.74) is 4.35. The third-order valence-electron chi connectivity index (χ3n) is 6.83. The van der Waals surface area contributed by atoms with Crippen LogP contribution in [0.2, 0.25) is 0 Å². The number of carboxylic acid groups (broad SMARTS) is 1. The van der Waals surface area contributed by atoms with Crippen molar-refractivity contribution in [2.45, 2.75) is 44.5 Å². The maximum absolute atomic E-state index is 12.5. The van der Waals surface area contributed by atoms with E-state index in [9.17, 15) is 19.8 Å². The Morgan fingerprint density at radius 3 is 2.17 bits per heavy atom. The Morgan fingerprint density at radius 1 is 0.861 bits per heavy atom. The average Bonchev–Trinajstić information content (AvgIpc) is 3.19. The van der Waals surface area contributed by atoms with Crippen LogP contribution in [0.1, 0.15) is 30.4 Å². The van der Waals surface area contributed by atoms with Crippen LogP contribution in [0, 0.1) is 11.8 Å². The Balaban J connectivity index is 1.39. The van der Waals surface area contributed by atoms with Gasteiger partial charge in [-0.05, 0) is 34.8 Å². The number of carboxylic acids is 1. The number of aliphatic carboxylic acids is 1. The number of carbonyl (C=O) groups is 2. The summed E-state index contributed by atoms with van der Waals surface area (Å²) in [7, 11) is 0. The van der Waals surface area contributed by atoms with E-state index in [1.165, 1.54) is 6.08 Å². The summed E-state index contributed by atoms with van der Waals surface area (Å²) in [6, 6.07) is 28.1. The van der Waals surface area contributed by atoms with Crippen molar-refractivity contribution >= 4 is 11.8 Å². The Labute approximate surface area is 212 Å². The second-order valence-corrected chi connectivity index (χ2v) is 9.37. The van der Waals surface area contributed by atoms with E-state index in [0.717, 1.165) is 22.3 Å². The molecule has 5 heteroatoms. The van der Waals surface area contributed by atoms with Gasteiger partial charge in [0.25, 0.3) is 0 Å². The first-order valence-corrected chi connectivity index (χ1v) is 12.4. The van der Waals surface area contributed by atoms with Gasteiger partial charge in [0.15, 0.2) is 5.78 Å². The molecule has 0 heterocycles. The quantitative estimate of drug-likeness (QED) is 0.353. The van der Waals surface area contributed by atoms with E-state index in [-0.39, 0.29) is 24.2 Å². The summed E-state index contributed by atoms with van der Waals surface area (Å²) >= 11 is 0. The van der Waals surface area contributed by atoms with Crippen molar-refractivity contribution in [3.8, 4) is 11.1 Å². The fourth-order valence-corrected chi connectivity index (χ4v) is 4.86. The van der Waals surface area contributed by atoms with Gasteiger partial charge in [-0.2, -0.15) is 0 Å². The lowest BCUT2D eigenvalue weighted by Gasteiger charge is -2.22. The Hall–Kier alpha value is -3.54. The van der Waals surface area contributed by atoms with E-state index in [2.05, 4.69) is 12.1 Å². The predicted molar refractivity (Wildman–Crippen MR) is 139 cm³/mol. The second kappa shape index (κ2) is 12.4. The number of hydrogen-bond donors (Lipinski definition) is 2. The predicted octanol–water partition coefficient (Wildman–Crippen LogP) is 5.47. The Bertz CT molecular complexity index is 1150. The lowest BCUT2D eigenvalue weighted by Crippen LogP contribution is -2.24. The van der Waals surface area contributed by atoms with Crippen LogP contribution >= 0.6 is 0 Å². The minimum absolute atomic E-state index is 0.0235. The van der Waals surface area contributed by atoms with Gasteiger partial charge < -0.3 is 14.9 Å². The van der Waals surface area contributed by atoms with Crippen molar-refractivity contribution in [2.75, 3.05) is 0 Å². The molecular weight excluding hydrogens is 452 g/mol. The third kappa shape index (κ3) is 7.00. The topological polar surface area (TPSA) is 83.8 Å². The molecule has 4 rings (SSSR count). The van der Waals surface area contributed by atoms with E-state index in [1.807, 2.05) is 72.8 Å². The molecule has 0 radical (unpaired) electrons. The van der Waals surface area contributed by atoms with Gasteiger partial charge in [0, 0.05) is 24.7 Å². The summed E-state index contributed by atoms with van der Waals surface area (Å²) in [6.45, 7) is 0.346. The number of aliphatic hydroxyl groups excluding tert-OH is 1. The van der Waals surface area contributed by atoms with Gasteiger partial charge in [-0.15, -0.1) is 0 Å². The van der Waals surface area contributed by atoms with Gasteiger partial charge in [-0.3, -0.25) is 9.59 Å². The van der Waals surface area contributed by atoms with Crippen LogP contribution in [0.5, 0.6) is 0 Å². The second-order valence-electron chi connectivity index (χ2n) is 9.37. The van der Waals surface area contributed by atoms with E-state index in [1.54, 1.807) is 6.08 Å². The van der Waals surface area contributed by atoms with Crippen molar-refractivity contribution in [1.29, 1.82) is 0 Å². The van der Waals surface area contributed by atoms with Gasteiger partial charge in [0.1, 0.15) is 0 Å². The molecule has 0 spiro atoms. The van der Waals surface area contributed by atoms with Crippen LogP contribution < -0.4 is 0 Å². The minimum atomic E-state index is -0.968. The number of hydrogen-bond acceptors (Lipinski definition) is 4. The molecule has 2 N–H and O–H groups in total. The number of benzene rings is 3. The lowest BCUT2D eigenvalue weighted by molar-refractivity contribution is -0.139. The molecule has 0 amide bonds. The normalized spacial score (nSPS) is 21.6. The molecule has 1 aliphatic carbocycles. The van der Waals surface area contributed by atoms with Gasteiger partial charge in [0.2, 0.25) is 0 Å². The zero-order chi connectivity index (χ0) is 25.3. The van der Waals surface area contributed by atoms with Crippen LogP contribution in [-0.2, 0) is 27.4 Å². The maximum Gasteiger partial charge on any atom is 0.303 e. The zero-order valence-electron chi connectivity index (χ0n) is 20.2. The van der Waals surface area contributed by atoms with Crippen LogP contribution in [0.4, 0.5) is 0 Å². The zero-order valence-corrected chi connectivity index (χ0v) is 20.2. The first-order chi connectivity index (χ1) is 17.5. The van der Waals surface area contributed by atoms with Crippen LogP contribution in [0.3, 0.4) is 0 Å². The molecule has 1 aliphatic rings. The highest BCUT2D eigenvalue weighted by molar-refractivity contribution is 5.89. The molecule has 5 nitrogen and oxygen atoms in total. The van der Waals surface area contributed by atoms with Crippen molar-refractivity contribution < 1.29 is 24.5 Å². The summed E-state index contributed by atoms with van der Waals surface area (Å²) in [5.74, 6) is -1.83. The molecule has 1 fully saturated rings. The van der Waals surface area contributed by atoms with Crippen LogP contribution in [-0.4, -0.2) is 34.2 Å². The number of aliphatic hydroxyl groups is 1. The minimum Gasteiger partial charge on any atom is -0.481 e. The average molecular weight is 485 g/mol. The van der Waals surface area contributed by atoms with Gasteiger partial charge in [-0.25, -0.2) is 0 Å². The first-order valence-electron chi connectivity index (χ1n) is 12.4. The number of aryl methyl sites for hydroxylation is 1. The highest BCUT2D eigenvalue weighted by Crippen LogP contribution is 2.38. The van der Waals surface area contributed by atoms with E-state index in [4.69, 9.17) is 4.74 Å². The molecule has 4 atom stereocenters. The molecule has 0 aromatic heterocycles. The molecule has 0 bridgehead atoms. The summed E-state index contributed by atoms with van der Waals surface area (Å²) < 4.78 is 6.18. The monoisotopic (exact) mass is 484 g/mol. The van der Waals surface area contributed by atoms with Gasteiger partial charge in [0.05, 0.1) is 25.2 Å².